The van der Waals surface area contributed by atoms with Gasteiger partial charge in [-0.1, -0.05) is 18.2 Å². The van der Waals surface area contributed by atoms with E-state index in [4.69, 9.17) is 0 Å². The first-order chi connectivity index (χ1) is 7.90. The molecule has 3 nitrogen and oxygen atoms in total. The Labute approximate surface area is 93.9 Å². The van der Waals surface area contributed by atoms with E-state index in [1.165, 1.54) is 22.2 Å². The van der Waals surface area contributed by atoms with Gasteiger partial charge in [0.25, 0.3) is 0 Å². The lowest BCUT2D eigenvalue weighted by atomic mass is 9.91. The Kier molecular flexibility index (Phi) is 2.17. The number of benzene rings is 1. The minimum atomic E-state index is 0.178. The fourth-order valence-corrected chi connectivity index (χ4v) is 2.69. The lowest BCUT2D eigenvalue weighted by Crippen LogP contribution is -2.23. The number of nitrogens with one attached hydrogen (secondary N) is 2. The van der Waals surface area contributed by atoms with Gasteiger partial charge in [-0.2, -0.15) is 0 Å². The molecule has 3 heteroatoms. The molecule has 1 amide bonds. The van der Waals surface area contributed by atoms with E-state index in [1.807, 2.05) is 12.1 Å². The zero-order valence-corrected chi connectivity index (χ0v) is 8.99. The molecule has 0 radical (unpaired) electrons. The van der Waals surface area contributed by atoms with Crippen molar-refractivity contribution in [1.29, 1.82) is 0 Å². The Hall–Kier alpha value is -1.77. The molecule has 82 valence electrons. The molecule has 16 heavy (non-hydrogen) atoms. The van der Waals surface area contributed by atoms with Crippen LogP contribution >= 0.6 is 0 Å². The number of fused-ring (bicyclic) bond motifs is 3. The van der Waals surface area contributed by atoms with E-state index in [9.17, 15) is 4.79 Å². The summed E-state index contributed by atoms with van der Waals surface area (Å²) in [5.41, 5.74) is 3.74. The zero-order chi connectivity index (χ0) is 11.0. The minimum absolute atomic E-state index is 0.178. The Bertz CT molecular complexity index is 530. The van der Waals surface area contributed by atoms with E-state index in [1.54, 1.807) is 0 Å². The van der Waals surface area contributed by atoms with Crippen LogP contribution in [0.2, 0.25) is 0 Å². The van der Waals surface area contributed by atoms with Crippen molar-refractivity contribution in [2.24, 2.45) is 0 Å². The van der Waals surface area contributed by atoms with Crippen LogP contribution in [0.25, 0.3) is 10.9 Å². The fourth-order valence-electron chi connectivity index (χ4n) is 2.69. The predicted octanol–water partition coefficient (Wildman–Crippen LogP) is 2.29. The number of carbonyl (C=O) groups is 1. The molecule has 1 aliphatic rings. The number of aromatic nitrogens is 1. The summed E-state index contributed by atoms with van der Waals surface area (Å²) >= 11 is 0. The molecule has 2 N–H and O–H groups in total. The number of amides is 1. The molecule has 0 saturated heterocycles. The predicted molar refractivity (Wildman–Crippen MR) is 63.2 cm³/mol. The first kappa shape index (κ1) is 9.46. The molecule has 0 spiro atoms. The van der Waals surface area contributed by atoms with Crippen molar-refractivity contribution in [3.8, 4) is 0 Å². The van der Waals surface area contributed by atoms with Gasteiger partial charge in [0.15, 0.2) is 0 Å². The quantitative estimate of drug-likeness (QED) is 0.740. The second-order valence-electron chi connectivity index (χ2n) is 4.29. The third-order valence-corrected chi connectivity index (χ3v) is 3.37. The molecular formula is C13H14N2O. The average molecular weight is 214 g/mol. The molecule has 2 aromatic rings. The van der Waals surface area contributed by atoms with Gasteiger partial charge in [0, 0.05) is 22.2 Å². The van der Waals surface area contributed by atoms with Crippen LogP contribution in [0.4, 0.5) is 0 Å². The lowest BCUT2D eigenvalue weighted by Gasteiger charge is -2.22. The van der Waals surface area contributed by atoms with Gasteiger partial charge >= 0.3 is 0 Å². The zero-order valence-electron chi connectivity index (χ0n) is 8.99. The van der Waals surface area contributed by atoms with Crippen LogP contribution < -0.4 is 5.32 Å². The summed E-state index contributed by atoms with van der Waals surface area (Å²) in [4.78, 5) is 14.1. The highest BCUT2D eigenvalue weighted by molar-refractivity contribution is 5.85. The fraction of sp³-hybridized carbons (Fsp3) is 0.308. The largest absolute Gasteiger partial charge is 0.358 e. The van der Waals surface area contributed by atoms with Crippen molar-refractivity contribution in [3.63, 3.8) is 0 Å². The SMILES string of the molecule is O=CNC1CCCc2[nH]c3ccccc3c21. The molecule has 3 rings (SSSR count). The van der Waals surface area contributed by atoms with Gasteiger partial charge in [-0.15, -0.1) is 0 Å². The van der Waals surface area contributed by atoms with Gasteiger partial charge in [-0.3, -0.25) is 4.79 Å². The summed E-state index contributed by atoms with van der Waals surface area (Å²) < 4.78 is 0. The number of H-pyrrole nitrogens is 1. The molecule has 0 bridgehead atoms. The summed E-state index contributed by atoms with van der Waals surface area (Å²) in [5.74, 6) is 0. The molecule has 1 heterocycles. The number of hydrogen-bond acceptors (Lipinski definition) is 1. The molecule has 1 unspecified atom stereocenters. The van der Waals surface area contributed by atoms with Crippen molar-refractivity contribution in [2.75, 3.05) is 0 Å². The van der Waals surface area contributed by atoms with E-state index in [-0.39, 0.29) is 6.04 Å². The van der Waals surface area contributed by atoms with Crippen LogP contribution in [0, 0.1) is 0 Å². The van der Waals surface area contributed by atoms with Gasteiger partial charge in [-0.05, 0) is 25.3 Å². The minimum Gasteiger partial charge on any atom is -0.358 e. The van der Waals surface area contributed by atoms with Gasteiger partial charge < -0.3 is 10.3 Å². The second kappa shape index (κ2) is 3.67. The summed E-state index contributed by atoms with van der Waals surface area (Å²) in [5, 5.41) is 4.17. The maximum atomic E-state index is 10.6. The van der Waals surface area contributed by atoms with E-state index in [2.05, 4.69) is 22.4 Å². The number of aromatic amines is 1. The summed E-state index contributed by atoms with van der Waals surface area (Å²) in [7, 11) is 0. The summed E-state index contributed by atoms with van der Waals surface area (Å²) in [6.07, 6.45) is 4.06. The topological polar surface area (TPSA) is 44.9 Å². The van der Waals surface area contributed by atoms with Crippen molar-refractivity contribution in [1.82, 2.24) is 10.3 Å². The highest BCUT2D eigenvalue weighted by Crippen LogP contribution is 2.35. The average Bonchev–Trinajstić information content (AvgIpc) is 2.68. The Balaban J connectivity index is 2.20. The maximum absolute atomic E-state index is 10.6. The van der Waals surface area contributed by atoms with Gasteiger partial charge in [-0.25, -0.2) is 0 Å². The first-order valence-corrected chi connectivity index (χ1v) is 5.69. The Morgan fingerprint density at radius 1 is 1.38 bits per heavy atom. The van der Waals surface area contributed by atoms with Crippen LogP contribution in [0.1, 0.15) is 30.1 Å². The second-order valence-corrected chi connectivity index (χ2v) is 4.29. The van der Waals surface area contributed by atoms with Crippen LogP contribution in [0.5, 0.6) is 0 Å². The number of carbonyl (C=O) groups excluding carboxylic acids is 1. The van der Waals surface area contributed by atoms with Crippen LogP contribution in [0.3, 0.4) is 0 Å². The molecule has 0 saturated carbocycles. The van der Waals surface area contributed by atoms with Crippen LogP contribution in [0.15, 0.2) is 24.3 Å². The van der Waals surface area contributed by atoms with Crippen molar-refractivity contribution in [3.05, 3.63) is 35.5 Å². The van der Waals surface area contributed by atoms with E-state index in [0.717, 1.165) is 25.7 Å². The highest BCUT2D eigenvalue weighted by Gasteiger charge is 2.23. The van der Waals surface area contributed by atoms with Gasteiger partial charge in [0.1, 0.15) is 0 Å². The molecule has 1 aliphatic carbocycles. The van der Waals surface area contributed by atoms with Crippen molar-refractivity contribution < 1.29 is 4.79 Å². The van der Waals surface area contributed by atoms with Crippen molar-refractivity contribution in [2.45, 2.75) is 25.3 Å². The molecule has 0 fully saturated rings. The highest BCUT2D eigenvalue weighted by atomic mass is 16.1. The van der Waals surface area contributed by atoms with Crippen LogP contribution in [-0.4, -0.2) is 11.4 Å². The molecule has 1 atom stereocenters. The number of aryl methyl sites for hydroxylation is 1. The van der Waals surface area contributed by atoms with E-state index in [0.29, 0.717) is 0 Å². The Morgan fingerprint density at radius 3 is 3.12 bits per heavy atom. The van der Waals surface area contributed by atoms with Crippen molar-refractivity contribution >= 4 is 17.3 Å². The third-order valence-electron chi connectivity index (χ3n) is 3.37. The Morgan fingerprint density at radius 2 is 2.25 bits per heavy atom. The first-order valence-electron chi connectivity index (χ1n) is 5.69. The van der Waals surface area contributed by atoms with Crippen LogP contribution in [-0.2, 0) is 11.2 Å². The summed E-state index contributed by atoms with van der Waals surface area (Å²) in [6, 6.07) is 8.47. The van der Waals surface area contributed by atoms with E-state index < -0.39 is 0 Å². The lowest BCUT2D eigenvalue weighted by molar-refractivity contribution is -0.110. The standard InChI is InChI=1S/C13H14N2O/c16-8-14-11-6-3-7-12-13(11)9-4-1-2-5-10(9)15-12/h1-2,4-5,8,11,15H,3,6-7H2,(H,14,16). The third kappa shape index (κ3) is 1.32. The smallest absolute Gasteiger partial charge is 0.207 e. The molecule has 1 aromatic carbocycles. The molecular weight excluding hydrogens is 200 g/mol. The molecule has 0 aliphatic heterocycles. The van der Waals surface area contributed by atoms with Gasteiger partial charge in [0.05, 0.1) is 6.04 Å². The number of para-hydroxylation sites is 1. The molecule has 1 aromatic heterocycles. The van der Waals surface area contributed by atoms with Gasteiger partial charge in [0.2, 0.25) is 6.41 Å². The summed E-state index contributed by atoms with van der Waals surface area (Å²) in [6.45, 7) is 0. The normalized spacial score (nSPS) is 19.4. The number of hydrogen-bond donors (Lipinski definition) is 2. The monoisotopic (exact) mass is 214 g/mol. The number of rotatable bonds is 2. The maximum Gasteiger partial charge on any atom is 0.207 e. The van der Waals surface area contributed by atoms with E-state index >= 15 is 0 Å².